The van der Waals surface area contributed by atoms with Crippen molar-refractivity contribution in [2.24, 2.45) is 4.99 Å². The summed E-state index contributed by atoms with van der Waals surface area (Å²) in [6.07, 6.45) is -4.41. The number of likely N-dealkylation sites (N-methyl/N-ethyl adjacent to an activating group) is 2. The number of nitrogens with zero attached hydrogens (tertiary/aromatic N) is 4. The summed E-state index contributed by atoms with van der Waals surface area (Å²) in [5, 5.41) is 5.29. The van der Waals surface area contributed by atoms with E-state index in [1.165, 1.54) is 23.9 Å². The average Bonchev–Trinajstić information content (AvgIpc) is 3.19. The van der Waals surface area contributed by atoms with E-state index in [0.717, 1.165) is 12.1 Å². The van der Waals surface area contributed by atoms with Gasteiger partial charge in [0.25, 0.3) is 5.91 Å². The molecule has 0 aromatic heterocycles. The van der Waals surface area contributed by atoms with Crippen LogP contribution >= 0.6 is 11.8 Å². The standard InChI is InChI=1S/C25H32F3N5O2S/c1-6-32(7-2)23(35)21-16(3)30-24-33(19(15-36-24)14-20(34)29-12-13-31(4)5)22(21)17-8-10-18(11-9-17)25(26,27)28/h8-11,15,22H,6-7,12-14H2,1-5H3,(H,29,34). The molecule has 1 aromatic carbocycles. The second-order valence-corrected chi connectivity index (χ2v) is 9.66. The summed E-state index contributed by atoms with van der Waals surface area (Å²) in [5.74, 6) is -0.407. The van der Waals surface area contributed by atoms with Gasteiger partial charge in [-0.25, -0.2) is 4.99 Å². The number of carbonyl (C=O) groups is 2. The molecule has 1 unspecified atom stereocenters. The van der Waals surface area contributed by atoms with Crippen LogP contribution in [-0.2, 0) is 15.8 Å². The molecule has 0 aliphatic carbocycles. The molecule has 2 aliphatic heterocycles. The van der Waals surface area contributed by atoms with Crippen molar-refractivity contribution in [1.29, 1.82) is 0 Å². The quantitative estimate of drug-likeness (QED) is 0.525. The van der Waals surface area contributed by atoms with E-state index in [0.29, 0.717) is 53.9 Å². The van der Waals surface area contributed by atoms with Crippen molar-refractivity contribution in [3.8, 4) is 0 Å². The van der Waals surface area contributed by atoms with Crippen LogP contribution in [0.3, 0.4) is 0 Å². The molecule has 0 saturated heterocycles. The minimum atomic E-state index is -4.47. The number of fused-ring (bicyclic) bond motifs is 1. The molecule has 196 valence electrons. The Bertz CT molecular complexity index is 1080. The molecule has 11 heteroatoms. The second kappa shape index (κ2) is 11.5. The lowest BCUT2D eigenvalue weighted by atomic mass is 9.92. The fourth-order valence-corrected chi connectivity index (χ4v) is 5.10. The van der Waals surface area contributed by atoms with Crippen molar-refractivity contribution in [2.45, 2.75) is 39.4 Å². The predicted molar refractivity (Wildman–Crippen MR) is 136 cm³/mol. The van der Waals surface area contributed by atoms with Gasteiger partial charge in [0, 0.05) is 31.9 Å². The first kappa shape index (κ1) is 27.8. The predicted octanol–water partition coefficient (Wildman–Crippen LogP) is 4.22. The van der Waals surface area contributed by atoms with Gasteiger partial charge in [-0.05, 0) is 58.0 Å². The summed E-state index contributed by atoms with van der Waals surface area (Å²) in [7, 11) is 3.83. The maximum Gasteiger partial charge on any atom is 0.416 e. The Morgan fingerprint density at radius 3 is 2.33 bits per heavy atom. The summed E-state index contributed by atoms with van der Waals surface area (Å²) in [6.45, 7) is 7.62. The molecule has 2 aliphatic rings. The Balaban J connectivity index is 2.00. The number of alkyl halides is 3. The van der Waals surface area contributed by atoms with Crippen LogP contribution in [0.5, 0.6) is 0 Å². The number of hydrogen-bond donors (Lipinski definition) is 1. The van der Waals surface area contributed by atoms with Crippen LogP contribution in [-0.4, -0.2) is 72.0 Å². The molecule has 1 aromatic rings. The summed E-state index contributed by atoms with van der Waals surface area (Å²) in [6, 6.07) is 4.14. The van der Waals surface area contributed by atoms with Gasteiger partial charge in [-0.2, -0.15) is 13.2 Å². The zero-order chi connectivity index (χ0) is 26.6. The van der Waals surface area contributed by atoms with Crippen molar-refractivity contribution < 1.29 is 22.8 Å². The van der Waals surface area contributed by atoms with E-state index in [1.807, 2.05) is 43.2 Å². The first-order chi connectivity index (χ1) is 17.0. The molecule has 2 heterocycles. The lowest BCUT2D eigenvalue weighted by Gasteiger charge is -2.38. The molecule has 2 amide bonds. The second-order valence-electron chi connectivity index (χ2n) is 8.82. The molecule has 0 spiro atoms. The molecule has 7 nitrogen and oxygen atoms in total. The normalized spacial score (nSPS) is 17.7. The van der Waals surface area contributed by atoms with Gasteiger partial charge in [-0.15, -0.1) is 0 Å². The Labute approximate surface area is 214 Å². The SMILES string of the molecule is CCN(CC)C(=O)C1=C(C)N=C2SC=C(CC(=O)NCCN(C)C)N2C1c1ccc(C(F)(F)F)cc1. The highest BCUT2D eigenvalue weighted by molar-refractivity contribution is 8.16. The number of hydrogen-bond acceptors (Lipinski definition) is 6. The van der Waals surface area contributed by atoms with E-state index in [4.69, 9.17) is 0 Å². The van der Waals surface area contributed by atoms with Crippen LogP contribution in [0.15, 0.2) is 51.6 Å². The lowest BCUT2D eigenvalue weighted by molar-refractivity contribution is -0.137. The average molecular weight is 524 g/mol. The maximum absolute atomic E-state index is 13.6. The largest absolute Gasteiger partial charge is 0.416 e. The third-order valence-corrected chi connectivity index (χ3v) is 6.95. The Kier molecular flexibility index (Phi) is 8.89. The molecule has 0 bridgehead atoms. The molecule has 0 fully saturated rings. The highest BCUT2D eigenvalue weighted by atomic mass is 32.2. The van der Waals surface area contributed by atoms with Crippen molar-refractivity contribution in [3.63, 3.8) is 0 Å². The minimum Gasteiger partial charge on any atom is -0.354 e. The molecule has 1 atom stereocenters. The smallest absolute Gasteiger partial charge is 0.354 e. The fraction of sp³-hybridized carbons (Fsp3) is 0.480. The summed E-state index contributed by atoms with van der Waals surface area (Å²) in [4.78, 5) is 36.3. The van der Waals surface area contributed by atoms with Crippen molar-refractivity contribution in [1.82, 2.24) is 20.0 Å². The number of allylic oxidation sites excluding steroid dienone is 1. The number of aliphatic imine (C=N–C) groups is 1. The minimum absolute atomic E-state index is 0.0579. The van der Waals surface area contributed by atoms with Crippen LogP contribution in [0.2, 0.25) is 0 Å². The number of nitrogens with one attached hydrogen (secondary N) is 1. The summed E-state index contributed by atoms with van der Waals surface area (Å²) >= 11 is 1.33. The molecule has 0 saturated carbocycles. The molecular weight excluding hydrogens is 491 g/mol. The number of amides is 2. The zero-order valence-corrected chi connectivity index (χ0v) is 22.0. The number of benzene rings is 1. The van der Waals surface area contributed by atoms with Crippen molar-refractivity contribution in [2.75, 3.05) is 40.3 Å². The van der Waals surface area contributed by atoms with Gasteiger partial charge in [0.2, 0.25) is 5.91 Å². The first-order valence-electron chi connectivity index (χ1n) is 11.8. The molecule has 3 rings (SSSR count). The Morgan fingerprint density at radius 1 is 1.14 bits per heavy atom. The van der Waals surface area contributed by atoms with Crippen LogP contribution in [0.25, 0.3) is 0 Å². The van der Waals surface area contributed by atoms with E-state index < -0.39 is 17.8 Å². The van der Waals surface area contributed by atoms with Gasteiger partial charge in [0.15, 0.2) is 5.17 Å². The third-order valence-electron chi connectivity index (χ3n) is 6.06. The fourth-order valence-electron chi connectivity index (χ4n) is 4.14. The van der Waals surface area contributed by atoms with Gasteiger partial charge in [-0.1, -0.05) is 23.9 Å². The third kappa shape index (κ3) is 6.12. The van der Waals surface area contributed by atoms with Gasteiger partial charge in [-0.3, -0.25) is 9.59 Å². The van der Waals surface area contributed by atoms with Gasteiger partial charge in [0.05, 0.1) is 29.3 Å². The Hall–Kier alpha value is -2.79. The highest BCUT2D eigenvalue weighted by Gasteiger charge is 2.41. The summed E-state index contributed by atoms with van der Waals surface area (Å²) in [5.41, 5.74) is 1.30. The monoisotopic (exact) mass is 523 g/mol. The number of amidine groups is 1. The van der Waals surface area contributed by atoms with E-state index in [2.05, 4.69) is 10.3 Å². The van der Waals surface area contributed by atoms with Gasteiger partial charge >= 0.3 is 6.18 Å². The zero-order valence-electron chi connectivity index (χ0n) is 21.1. The Morgan fingerprint density at radius 2 is 1.78 bits per heavy atom. The molecule has 36 heavy (non-hydrogen) atoms. The van der Waals surface area contributed by atoms with Crippen molar-refractivity contribution >= 4 is 28.7 Å². The topological polar surface area (TPSA) is 68.2 Å². The van der Waals surface area contributed by atoms with E-state index in [1.54, 1.807) is 11.8 Å². The van der Waals surface area contributed by atoms with Crippen LogP contribution in [0.4, 0.5) is 13.2 Å². The number of halogens is 3. The number of thioether (sulfide) groups is 1. The molecule has 1 N–H and O–H groups in total. The van der Waals surface area contributed by atoms with Crippen molar-refractivity contribution in [3.05, 3.63) is 57.8 Å². The van der Waals surface area contributed by atoms with Gasteiger partial charge in [0.1, 0.15) is 0 Å². The molecule has 0 radical (unpaired) electrons. The van der Waals surface area contributed by atoms with E-state index in [-0.39, 0.29) is 18.2 Å². The highest BCUT2D eigenvalue weighted by Crippen LogP contribution is 2.45. The summed E-state index contributed by atoms with van der Waals surface area (Å²) < 4.78 is 39.7. The number of carbonyl (C=O) groups excluding carboxylic acids is 2. The van der Waals surface area contributed by atoms with Crippen LogP contribution in [0, 0.1) is 0 Å². The first-order valence-corrected chi connectivity index (χ1v) is 12.7. The van der Waals surface area contributed by atoms with E-state index >= 15 is 0 Å². The van der Waals surface area contributed by atoms with Gasteiger partial charge < -0.3 is 20.0 Å². The number of rotatable bonds is 9. The van der Waals surface area contributed by atoms with E-state index in [9.17, 15) is 22.8 Å². The van der Waals surface area contributed by atoms with Crippen LogP contribution in [0.1, 0.15) is 44.4 Å². The molecular formula is C25H32F3N5O2S. The maximum atomic E-state index is 13.6. The van der Waals surface area contributed by atoms with Crippen LogP contribution < -0.4 is 5.32 Å². The lowest BCUT2D eigenvalue weighted by Crippen LogP contribution is -2.42.